The number of methoxy groups -OCH3 is 1. The molecule has 1 saturated heterocycles. The third-order valence-corrected chi connectivity index (χ3v) is 3.65. The molecule has 1 aliphatic rings. The summed E-state index contributed by atoms with van der Waals surface area (Å²) in [6.45, 7) is 6.49. The molecule has 2 N–H and O–H groups in total. The zero-order chi connectivity index (χ0) is 13.0. The largest absolute Gasteiger partial charge is 0.493 e. The standard InChI is InChI=1S/C14H23N3O/c1-10-7-13(14(18-3)9-16-10)17-11(2)12-5-4-6-15-8-12/h7,9,11-12,15H,4-6,8H2,1-3H3,(H,16,17). The van der Waals surface area contributed by atoms with E-state index in [4.69, 9.17) is 4.74 Å². The summed E-state index contributed by atoms with van der Waals surface area (Å²) >= 11 is 0. The maximum atomic E-state index is 5.35. The molecule has 2 unspecified atom stereocenters. The Labute approximate surface area is 109 Å². The van der Waals surface area contributed by atoms with E-state index in [1.807, 2.05) is 13.0 Å². The summed E-state index contributed by atoms with van der Waals surface area (Å²) in [7, 11) is 1.68. The fourth-order valence-corrected chi connectivity index (χ4v) is 2.49. The van der Waals surface area contributed by atoms with E-state index in [2.05, 4.69) is 22.5 Å². The molecule has 0 bridgehead atoms. The molecule has 2 atom stereocenters. The number of aryl methyl sites for hydroxylation is 1. The molecule has 0 aromatic carbocycles. The smallest absolute Gasteiger partial charge is 0.160 e. The van der Waals surface area contributed by atoms with Gasteiger partial charge in [0.25, 0.3) is 0 Å². The zero-order valence-corrected chi connectivity index (χ0v) is 11.5. The Morgan fingerprint density at radius 2 is 2.39 bits per heavy atom. The summed E-state index contributed by atoms with van der Waals surface area (Å²) in [6.07, 6.45) is 4.33. The van der Waals surface area contributed by atoms with Crippen LogP contribution < -0.4 is 15.4 Å². The summed E-state index contributed by atoms with van der Waals surface area (Å²) in [5.74, 6) is 1.49. The van der Waals surface area contributed by atoms with Gasteiger partial charge < -0.3 is 15.4 Å². The number of aromatic nitrogens is 1. The molecule has 18 heavy (non-hydrogen) atoms. The van der Waals surface area contributed by atoms with Gasteiger partial charge in [0.15, 0.2) is 5.75 Å². The highest BCUT2D eigenvalue weighted by Crippen LogP contribution is 2.26. The molecule has 1 aliphatic heterocycles. The second-order valence-electron chi connectivity index (χ2n) is 5.07. The van der Waals surface area contributed by atoms with Crippen molar-refractivity contribution >= 4 is 5.69 Å². The fraction of sp³-hybridized carbons (Fsp3) is 0.643. The lowest BCUT2D eigenvalue weighted by atomic mass is 9.92. The molecule has 0 spiro atoms. The minimum Gasteiger partial charge on any atom is -0.493 e. The van der Waals surface area contributed by atoms with Crippen LogP contribution in [-0.4, -0.2) is 31.2 Å². The highest BCUT2D eigenvalue weighted by molar-refractivity contribution is 5.56. The van der Waals surface area contributed by atoms with Gasteiger partial charge in [-0.15, -0.1) is 0 Å². The van der Waals surface area contributed by atoms with E-state index in [1.165, 1.54) is 12.8 Å². The molecule has 4 nitrogen and oxygen atoms in total. The average molecular weight is 249 g/mol. The van der Waals surface area contributed by atoms with Crippen LogP contribution in [0.3, 0.4) is 0 Å². The first-order valence-electron chi connectivity index (χ1n) is 6.68. The predicted octanol–water partition coefficient (Wildman–Crippen LogP) is 2.20. The number of ether oxygens (including phenoxy) is 1. The van der Waals surface area contributed by atoms with Gasteiger partial charge in [-0.25, -0.2) is 0 Å². The Bertz CT molecular complexity index is 389. The molecule has 4 heteroatoms. The maximum Gasteiger partial charge on any atom is 0.160 e. The molecule has 1 aromatic rings. The number of rotatable bonds is 4. The topological polar surface area (TPSA) is 46.2 Å². The molecule has 100 valence electrons. The number of pyridine rings is 1. The fourth-order valence-electron chi connectivity index (χ4n) is 2.49. The quantitative estimate of drug-likeness (QED) is 0.858. The number of piperidine rings is 1. The van der Waals surface area contributed by atoms with Crippen molar-refractivity contribution in [1.29, 1.82) is 0 Å². The average Bonchev–Trinajstić information content (AvgIpc) is 2.40. The second kappa shape index (κ2) is 6.05. The van der Waals surface area contributed by atoms with Gasteiger partial charge in [0.05, 0.1) is 19.0 Å². The molecule has 0 aliphatic carbocycles. The van der Waals surface area contributed by atoms with Crippen LogP contribution in [0.15, 0.2) is 12.3 Å². The molecule has 2 heterocycles. The van der Waals surface area contributed by atoms with E-state index < -0.39 is 0 Å². The lowest BCUT2D eigenvalue weighted by Gasteiger charge is -2.30. The Kier molecular flexibility index (Phi) is 4.42. The van der Waals surface area contributed by atoms with Gasteiger partial charge in [-0.1, -0.05) is 0 Å². The van der Waals surface area contributed by atoms with Crippen molar-refractivity contribution in [3.63, 3.8) is 0 Å². The van der Waals surface area contributed by atoms with Crippen molar-refractivity contribution in [2.75, 3.05) is 25.5 Å². The van der Waals surface area contributed by atoms with Crippen LogP contribution in [-0.2, 0) is 0 Å². The lowest BCUT2D eigenvalue weighted by Crippen LogP contribution is -2.38. The highest BCUT2D eigenvalue weighted by Gasteiger charge is 2.20. The minimum atomic E-state index is 0.438. The molecule has 0 radical (unpaired) electrons. The van der Waals surface area contributed by atoms with E-state index in [9.17, 15) is 0 Å². The highest BCUT2D eigenvalue weighted by atomic mass is 16.5. The predicted molar refractivity (Wildman–Crippen MR) is 74.2 cm³/mol. The van der Waals surface area contributed by atoms with Gasteiger partial charge in [0.2, 0.25) is 0 Å². The van der Waals surface area contributed by atoms with Crippen LogP contribution in [0.2, 0.25) is 0 Å². The normalized spacial score (nSPS) is 21.4. The summed E-state index contributed by atoms with van der Waals surface area (Å²) < 4.78 is 5.35. The Balaban J connectivity index is 2.05. The van der Waals surface area contributed by atoms with E-state index in [0.717, 1.165) is 30.2 Å². The Morgan fingerprint density at radius 1 is 1.56 bits per heavy atom. The van der Waals surface area contributed by atoms with Gasteiger partial charge in [-0.3, -0.25) is 4.98 Å². The van der Waals surface area contributed by atoms with Crippen molar-refractivity contribution in [1.82, 2.24) is 10.3 Å². The molecule has 1 fully saturated rings. The van der Waals surface area contributed by atoms with E-state index in [0.29, 0.717) is 12.0 Å². The number of nitrogens with zero attached hydrogens (tertiary/aromatic N) is 1. The van der Waals surface area contributed by atoms with E-state index in [1.54, 1.807) is 13.3 Å². The van der Waals surface area contributed by atoms with Crippen molar-refractivity contribution in [3.8, 4) is 5.75 Å². The molecule has 2 rings (SSSR count). The van der Waals surface area contributed by atoms with Crippen LogP contribution in [0, 0.1) is 12.8 Å². The van der Waals surface area contributed by atoms with Crippen molar-refractivity contribution in [2.24, 2.45) is 5.92 Å². The van der Waals surface area contributed by atoms with Crippen molar-refractivity contribution < 1.29 is 4.74 Å². The lowest BCUT2D eigenvalue weighted by molar-refractivity contribution is 0.345. The Morgan fingerprint density at radius 3 is 3.06 bits per heavy atom. The van der Waals surface area contributed by atoms with Gasteiger partial charge in [0.1, 0.15) is 0 Å². The molecular weight excluding hydrogens is 226 g/mol. The van der Waals surface area contributed by atoms with Crippen molar-refractivity contribution in [2.45, 2.75) is 32.7 Å². The van der Waals surface area contributed by atoms with Crippen LogP contribution in [0.1, 0.15) is 25.5 Å². The third kappa shape index (κ3) is 3.13. The zero-order valence-electron chi connectivity index (χ0n) is 11.5. The van der Waals surface area contributed by atoms with Crippen LogP contribution in [0.4, 0.5) is 5.69 Å². The molecule has 0 amide bonds. The molecule has 0 saturated carbocycles. The third-order valence-electron chi connectivity index (χ3n) is 3.65. The monoisotopic (exact) mass is 249 g/mol. The van der Waals surface area contributed by atoms with E-state index in [-0.39, 0.29) is 0 Å². The number of hydrogen-bond donors (Lipinski definition) is 2. The molecule has 1 aromatic heterocycles. The summed E-state index contributed by atoms with van der Waals surface area (Å²) in [6, 6.07) is 2.49. The van der Waals surface area contributed by atoms with Crippen LogP contribution in [0.25, 0.3) is 0 Å². The summed E-state index contributed by atoms with van der Waals surface area (Å²) in [5, 5.41) is 7.02. The first kappa shape index (κ1) is 13.1. The number of anilines is 1. The Hall–Kier alpha value is -1.29. The van der Waals surface area contributed by atoms with Crippen LogP contribution in [0.5, 0.6) is 5.75 Å². The summed E-state index contributed by atoms with van der Waals surface area (Å²) in [5.41, 5.74) is 2.05. The van der Waals surface area contributed by atoms with Gasteiger partial charge in [0, 0.05) is 11.7 Å². The molecular formula is C14H23N3O. The number of hydrogen-bond acceptors (Lipinski definition) is 4. The van der Waals surface area contributed by atoms with Gasteiger partial charge in [-0.05, 0) is 51.8 Å². The van der Waals surface area contributed by atoms with Gasteiger partial charge >= 0.3 is 0 Å². The van der Waals surface area contributed by atoms with E-state index >= 15 is 0 Å². The second-order valence-corrected chi connectivity index (χ2v) is 5.07. The first-order valence-corrected chi connectivity index (χ1v) is 6.68. The van der Waals surface area contributed by atoms with Crippen molar-refractivity contribution in [3.05, 3.63) is 18.0 Å². The maximum absolute atomic E-state index is 5.35. The number of nitrogens with one attached hydrogen (secondary N) is 2. The van der Waals surface area contributed by atoms with Gasteiger partial charge in [-0.2, -0.15) is 0 Å². The first-order chi connectivity index (χ1) is 8.70. The summed E-state index contributed by atoms with van der Waals surface area (Å²) in [4.78, 5) is 4.25. The minimum absolute atomic E-state index is 0.438. The van der Waals surface area contributed by atoms with Crippen LogP contribution >= 0.6 is 0 Å². The SMILES string of the molecule is COc1cnc(C)cc1NC(C)C1CCCNC1.